The summed E-state index contributed by atoms with van der Waals surface area (Å²) in [5, 5.41) is 0. The molecule has 0 unspecified atom stereocenters. The number of rotatable bonds is 2. The standard InChI is InChI=1S/C8H12O2.C7H14/c9-6-8(10)7-4-2-1-3-5-7;1-7-5-3-2-4-6-7/h6-7H,1-5H2;7H,2-6H2,1H3. The van der Waals surface area contributed by atoms with Crippen molar-refractivity contribution < 1.29 is 9.59 Å². The zero-order valence-corrected chi connectivity index (χ0v) is 11.1. The first kappa shape index (κ1) is 14.4. The minimum absolute atomic E-state index is 0.0613. The van der Waals surface area contributed by atoms with E-state index in [4.69, 9.17) is 0 Å². The zero-order valence-electron chi connectivity index (χ0n) is 11.1. The summed E-state index contributed by atoms with van der Waals surface area (Å²) in [6.45, 7) is 2.36. The van der Waals surface area contributed by atoms with Gasteiger partial charge in [-0.2, -0.15) is 0 Å². The summed E-state index contributed by atoms with van der Waals surface area (Å²) < 4.78 is 0. The molecule has 0 radical (unpaired) electrons. The molecule has 2 heteroatoms. The SMILES string of the molecule is CC1CCCCC1.O=CC(=O)C1CCCCC1. The summed E-state index contributed by atoms with van der Waals surface area (Å²) in [6, 6.07) is 0. The molecule has 0 amide bonds. The van der Waals surface area contributed by atoms with Crippen molar-refractivity contribution in [2.75, 3.05) is 0 Å². The minimum atomic E-state index is -0.195. The molecule has 2 rings (SSSR count). The lowest BCUT2D eigenvalue weighted by Gasteiger charge is -2.17. The molecule has 2 nitrogen and oxygen atoms in total. The highest BCUT2D eigenvalue weighted by Crippen LogP contribution is 2.23. The van der Waals surface area contributed by atoms with Gasteiger partial charge in [-0.05, 0) is 18.8 Å². The second kappa shape index (κ2) is 8.43. The van der Waals surface area contributed by atoms with Crippen LogP contribution in [0.25, 0.3) is 0 Å². The Morgan fingerprint density at radius 2 is 1.35 bits per heavy atom. The number of carbonyl (C=O) groups excluding carboxylic acids is 2. The molecule has 0 aliphatic heterocycles. The molecule has 0 N–H and O–H groups in total. The van der Waals surface area contributed by atoms with E-state index in [1.54, 1.807) is 0 Å². The van der Waals surface area contributed by atoms with Crippen LogP contribution in [0.5, 0.6) is 0 Å². The first-order valence-electron chi connectivity index (χ1n) is 7.23. The van der Waals surface area contributed by atoms with Crippen LogP contribution in [-0.4, -0.2) is 12.1 Å². The lowest BCUT2D eigenvalue weighted by molar-refractivity contribution is -0.133. The molecule has 0 aromatic rings. The highest BCUT2D eigenvalue weighted by Gasteiger charge is 2.19. The summed E-state index contributed by atoms with van der Waals surface area (Å²) >= 11 is 0. The van der Waals surface area contributed by atoms with E-state index >= 15 is 0 Å². The van der Waals surface area contributed by atoms with E-state index in [9.17, 15) is 9.59 Å². The van der Waals surface area contributed by atoms with E-state index < -0.39 is 0 Å². The van der Waals surface area contributed by atoms with E-state index in [1.807, 2.05) is 0 Å². The van der Waals surface area contributed by atoms with E-state index in [0.717, 1.165) is 31.6 Å². The van der Waals surface area contributed by atoms with Crippen LogP contribution in [0.3, 0.4) is 0 Å². The first-order chi connectivity index (χ1) is 8.24. The quantitative estimate of drug-likeness (QED) is 0.539. The zero-order chi connectivity index (χ0) is 12.5. The molecule has 0 spiro atoms. The van der Waals surface area contributed by atoms with E-state index in [2.05, 4.69) is 6.92 Å². The fourth-order valence-electron chi connectivity index (χ4n) is 2.79. The van der Waals surface area contributed by atoms with Crippen LogP contribution < -0.4 is 0 Å². The average molecular weight is 238 g/mol. The van der Waals surface area contributed by atoms with E-state index in [-0.39, 0.29) is 11.7 Å². The Hall–Kier alpha value is -0.660. The fraction of sp³-hybridized carbons (Fsp3) is 0.867. The Morgan fingerprint density at radius 3 is 1.71 bits per heavy atom. The Balaban J connectivity index is 0.000000181. The van der Waals surface area contributed by atoms with Crippen LogP contribution in [0.15, 0.2) is 0 Å². The Bertz CT molecular complexity index is 223. The van der Waals surface area contributed by atoms with Crippen LogP contribution in [-0.2, 0) is 9.59 Å². The molecule has 0 heterocycles. The number of hydrogen-bond acceptors (Lipinski definition) is 2. The normalized spacial score (nSPS) is 22.4. The number of hydrogen-bond donors (Lipinski definition) is 0. The van der Waals surface area contributed by atoms with Crippen molar-refractivity contribution >= 4 is 12.1 Å². The van der Waals surface area contributed by atoms with Gasteiger partial charge in [0.2, 0.25) is 0 Å². The molecule has 0 saturated heterocycles. The summed E-state index contributed by atoms with van der Waals surface area (Å²) in [6.07, 6.45) is 13.2. The maximum Gasteiger partial charge on any atom is 0.198 e. The van der Waals surface area contributed by atoms with Crippen molar-refractivity contribution in [3.05, 3.63) is 0 Å². The third-order valence-electron chi connectivity index (χ3n) is 4.02. The highest BCUT2D eigenvalue weighted by atomic mass is 16.2. The van der Waals surface area contributed by atoms with E-state index in [1.165, 1.54) is 38.5 Å². The minimum Gasteiger partial charge on any atom is -0.295 e. The van der Waals surface area contributed by atoms with E-state index in [0.29, 0.717) is 6.29 Å². The van der Waals surface area contributed by atoms with Crippen LogP contribution in [0, 0.1) is 11.8 Å². The lowest BCUT2D eigenvalue weighted by atomic mass is 9.87. The van der Waals surface area contributed by atoms with Crippen molar-refractivity contribution in [2.24, 2.45) is 11.8 Å². The molecule has 2 fully saturated rings. The number of ketones is 1. The van der Waals surface area contributed by atoms with Gasteiger partial charge in [-0.25, -0.2) is 0 Å². The Morgan fingerprint density at radius 1 is 0.882 bits per heavy atom. The van der Waals surface area contributed by atoms with Gasteiger partial charge in [0, 0.05) is 5.92 Å². The van der Waals surface area contributed by atoms with Gasteiger partial charge >= 0.3 is 0 Å². The molecule has 2 aliphatic carbocycles. The van der Waals surface area contributed by atoms with Crippen molar-refractivity contribution in [1.82, 2.24) is 0 Å². The largest absolute Gasteiger partial charge is 0.295 e. The Kier molecular flexibility index (Phi) is 7.14. The van der Waals surface area contributed by atoms with Crippen molar-refractivity contribution in [3.8, 4) is 0 Å². The van der Waals surface area contributed by atoms with Crippen LogP contribution in [0.1, 0.15) is 71.1 Å². The second-order valence-corrected chi connectivity index (χ2v) is 5.60. The van der Waals surface area contributed by atoms with Gasteiger partial charge in [-0.3, -0.25) is 9.59 Å². The van der Waals surface area contributed by atoms with Gasteiger partial charge < -0.3 is 0 Å². The predicted octanol–water partition coefficient (Wildman–Crippen LogP) is 3.92. The predicted molar refractivity (Wildman–Crippen MR) is 69.9 cm³/mol. The molecule has 2 saturated carbocycles. The van der Waals surface area contributed by atoms with Crippen molar-refractivity contribution in [3.63, 3.8) is 0 Å². The molecule has 0 atom stereocenters. The third-order valence-corrected chi connectivity index (χ3v) is 4.02. The molecule has 0 aromatic carbocycles. The summed E-state index contributed by atoms with van der Waals surface area (Å²) in [7, 11) is 0. The highest BCUT2D eigenvalue weighted by molar-refractivity contribution is 6.25. The lowest BCUT2D eigenvalue weighted by Crippen LogP contribution is -2.18. The summed E-state index contributed by atoms with van der Waals surface area (Å²) in [4.78, 5) is 20.9. The first-order valence-corrected chi connectivity index (χ1v) is 7.23. The second-order valence-electron chi connectivity index (χ2n) is 5.60. The molecule has 0 bridgehead atoms. The molecular formula is C15H26O2. The molecular weight excluding hydrogens is 212 g/mol. The topological polar surface area (TPSA) is 34.1 Å². The van der Waals surface area contributed by atoms with Gasteiger partial charge in [-0.15, -0.1) is 0 Å². The summed E-state index contributed by atoms with van der Waals surface area (Å²) in [5.74, 6) is 0.903. The number of carbonyl (C=O) groups is 2. The van der Waals surface area contributed by atoms with Crippen molar-refractivity contribution in [1.29, 1.82) is 0 Å². The molecule has 2 aliphatic rings. The van der Waals surface area contributed by atoms with Gasteiger partial charge in [0.15, 0.2) is 12.1 Å². The number of aldehydes is 1. The average Bonchev–Trinajstić information content (AvgIpc) is 2.40. The van der Waals surface area contributed by atoms with Gasteiger partial charge in [0.25, 0.3) is 0 Å². The summed E-state index contributed by atoms with van der Waals surface area (Å²) in [5.41, 5.74) is 0. The van der Waals surface area contributed by atoms with Gasteiger partial charge in [0.1, 0.15) is 0 Å². The number of Topliss-reactive ketones (excluding diaryl/α,β-unsaturated/α-hetero) is 1. The maximum absolute atomic E-state index is 10.8. The molecule has 0 aromatic heterocycles. The fourth-order valence-corrected chi connectivity index (χ4v) is 2.79. The molecule has 98 valence electrons. The molecule has 17 heavy (non-hydrogen) atoms. The van der Waals surface area contributed by atoms with Crippen LogP contribution >= 0.6 is 0 Å². The maximum atomic E-state index is 10.8. The monoisotopic (exact) mass is 238 g/mol. The van der Waals surface area contributed by atoms with Crippen LogP contribution in [0.4, 0.5) is 0 Å². The third kappa shape index (κ3) is 5.99. The smallest absolute Gasteiger partial charge is 0.198 e. The Labute approximate surface area is 105 Å². The van der Waals surface area contributed by atoms with Gasteiger partial charge in [0.05, 0.1) is 0 Å². The van der Waals surface area contributed by atoms with Gasteiger partial charge in [-0.1, -0.05) is 58.3 Å². The van der Waals surface area contributed by atoms with Crippen molar-refractivity contribution in [2.45, 2.75) is 71.1 Å². The van der Waals surface area contributed by atoms with Crippen LogP contribution in [0.2, 0.25) is 0 Å².